The van der Waals surface area contributed by atoms with Gasteiger partial charge in [-0.25, -0.2) is 4.98 Å². The number of carbonyl (C=O) groups is 2. The third-order valence-electron chi connectivity index (χ3n) is 3.79. The van der Waals surface area contributed by atoms with Crippen LogP contribution in [0.4, 0.5) is 17.2 Å². The summed E-state index contributed by atoms with van der Waals surface area (Å²) in [5.74, 6) is 0.508. The molecule has 6 heteroatoms. The maximum absolute atomic E-state index is 12.0. The normalized spacial score (nSPS) is 16.6. The Balaban J connectivity index is 1.63. The van der Waals surface area contributed by atoms with Crippen molar-refractivity contribution in [2.45, 2.75) is 25.9 Å². The van der Waals surface area contributed by atoms with Crippen LogP contribution in [0.25, 0.3) is 0 Å². The van der Waals surface area contributed by atoms with Crippen molar-refractivity contribution in [2.24, 2.45) is 0 Å². The molecule has 6 nitrogen and oxygen atoms in total. The van der Waals surface area contributed by atoms with E-state index in [1.165, 1.54) is 6.92 Å². The lowest BCUT2D eigenvalue weighted by Crippen LogP contribution is -2.26. The smallest absolute Gasteiger partial charge is 0.253 e. The Hall–Kier alpha value is -2.73. The number of anilines is 3. The summed E-state index contributed by atoms with van der Waals surface area (Å²) < 4.78 is 5.35. The van der Waals surface area contributed by atoms with Gasteiger partial charge in [-0.1, -0.05) is 12.1 Å². The number of carbonyl (C=O) groups excluding carboxylic acids is 2. The number of nitrogens with one attached hydrogen (secondary N) is 2. The molecule has 1 amide bonds. The molecular formula is C18H19N3O3. The average Bonchev–Trinajstić information content (AvgIpc) is 3.11. The maximum Gasteiger partial charge on any atom is 0.253 e. The van der Waals surface area contributed by atoms with Crippen molar-refractivity contribution in [3.63, 3.8) is 0 Å². The summed E-state index contributed by atoms with van der Waals surface area (Å²) in [4.78, 5) is 27.7. The molecule has 1 saturated heterocycles. The second-order valence-electron chi connectivity index (χ2n) is 5.69. The predicted octanol–water partition coefficient (Wildman–Crippen LogP) is 3.15. The average molecular weight is 325 g/mol. The molecule has 2 heterocycles. The van der Waals surface area contributed by atoms with Crippen molar-refractivity contribution in [3.05, 3.63) is 48.2 Å². The van der Waals surface area contributed by atoms with Gasteiger partial charge in [-0.3, -0.25) is 9.59 Å². The lowest BCUT2D eigenvalue weighted by atomic mass is 10.1. The van der Waals surface area contributed by atoms with Crippen molar-refractivity contribution >= 4 is 28.9 Å². The van der Waals surface area contributed by atoms with Crippen molar-refractivity contribution in [3.8, 4) is 0 Å². The Morgan fingerprint density at radius 3 is 2.75 bits per heavy atom. The van der Waals surface area contributed by atoms with Gasteiger partial charge in [0.2, 0.25) is 0 Å². The second kappa shape index (κ2) is 7.23. The van der Waals surface area contributed by atoms with Crippen LogP contribution in [-0.4, -0.2) is 29.4 Å². The fourth-order valence-corrected chi connectivity index (χ4v) is 2.51. The third kappa shape index (κ3) is 3.97. The first-order chi connectivity index (χ1) is 11.6. The monoisotopic (exact) mass is 325 g/mol. The number of pyridine rings is 1. The molecule has 1 aliphatic rings. The van der Waals surface area contributed by atoms with Crippen molar-refractivity contribution in [1.29, 1.82) is 0 Å². The summed E-state index contributed by atoms with van der Waals surface area (Å²) >= 11 is 0. The minimum absolute atomic E-state index is 0.0128. The second-order valence-corrected chi connectivity index (χ2v) is 5.69. The van der Waals surface area contributed by atoms with Gasteiger partial charge in [0.15, 0.2) is 5.78 Å². The summed E-state index contributed by atoms with van der Waals surface area (Å²) in [5, 5.41) is 5.93. The van der Waals surface area contributed by atoms with Crippen LogP contribution < -0.4 is 10.6 Å². The number of hydrogen-bond acceptors (Lipinski definition) is 5. The number of Topliss-reactive ketones (excluding diaryl/α,β-unsaturated/α-hetero) is 1. The molecule has 1 fully saturated rings. The topological polar surface area (TPSA) is 80.3 Å². The van der Waals surface area contributed by atoms with Crippen LogP contribution in [0.15, 0.2) is 42.6 Å². The number of ketones is 1. The van der Waals surface area contributed by atoms with E-state index in [4.69, 9.17) is 4.74 Å². The highest BCUT2D eigenvalue weighted by atomic mass is 16.5. The van der Waals surface area contributed by atoms with Crippen molar-refractivity contribution in [2.75, 3.05) is 17.2 Å². The lowest BCUT2D eigenvalue weighted by Gasteiger charge is -2.11. The quantitative estimate of drug-likeness (QED) is 0.826. The number of amides is 1. The number of hydrogen-bond donors (Lipinski definition) is 2. The largest absolute Gasteiger partial charge is 0.368 e. The van der Waals surface area contributed by atoms with Gasteiger partial charge in [-0.15, -0.1) is 0 Å². The first-order valence-corrected chi connectivity index (χ1v) is 7.88. The van der Waals surface area contributed by atoms with Gasteiger partial charge < -0.3 is 15.4 Å². The summed E-state index contributed by atoms with van der Waals surface area (Å²) in [5.41, 5.74) is 2.05. The molecule has 0 saturated carbocycles. The van der Waals surface area contributed by atoms with Gasteiger partial charge in [0, 0.05) is 17.9 Å². The SMILES string of the molecule is CC(=O)c1cccc(Nc2ccc(NC(=O)C3CCCO3)cn2)c1. The van der Waals surface area contributed by atoms with E-state index in [2.05, 4.69) is 15.6 Å². The molecule has 1 aromatic heterocycles. The van der Waals surface area contributed by atoms with Crippen LogP contribution in [0.2, 0.25) is 0 Å². The predicted molar refractivity (Wildman–Crippen MR) is 91.6 cm³/mol. The van der Waals surface area contributed by atoms with E-state index in [1.807, 2.05) is 12.1 Å². The molecule has 1 aliphatic heterocycles. The fraction of sp³-hybridized carbons (Fsp3) is 0.278. The lowest BCUT2D eigenvalue weighted by molar-refractivity contribution is -0.124. The van der Waals surface area contributed by atoms with Gasteiger partial charge >= 0.3 is 0 Å². The number of ether oxygens (including phenoxy) is 1. The molecular weight excluding hydrogens is 306 g/mol. The molecule has 0 aliphatic carbocycles. The first kappa shape index (κ1) is 16.1. The highest BCUT2D eigenvalue weighted by molar-refractivity contribution is 5.95. The van der Waals surface area contributed by atoms with E-state index in [-0.39, 0.29) is 17.8 Å². The molecule has 24 heavy (non-hydrogen) atoms. The molecule has 2 N–H and O–H groups in total. The summed E-state index contributed by atoms with van der Waals surface area (Å²) in [6.45, 7) is 2.17. The van der Waals surface area contributed by atoms with E-state index < -0.39 is 0 Å². The minimum Gasteiger partial charge on any atom is -0.368 e. The van der Waals surface area contributed by atoms with Gasteiger partial charge in [-0.2, -0.15) is 0 Å². The zero-order valence-corrected chi connectivity index (χ0v) is 13.4. The van der Waals surface area contributed by atoms with Crippen LogP contribution in [0.5, 0.6) is 0 Å². The standard InChI is InChI=1S/C18H19N3O3/c1-12(22)13-4-2-5-14(10-13)20-17-8-7-15(11-19-17)21-18(23)16-6-3-9-24-16/h2,4-5,7-8,10-11,16H,3,6,9H2,1H3,(H,19,20)(H,21,23). The Morgan fingerprint density at radius 2 is 2.08 bits per heavy atom. The van der Waals surface area contributed by atoms with Crippen LogP contribution in [0, 0.1) is 0 Å². The number of aromatic nitrogens is 1. The fourth-order valence-electron chi connectivity index (χ4n) is 2.51. The van der Waals surface area contributed by atoms with Crippen LogP contribution in [-0.2, 0) is 9.53 Å². The van der Waals surface area contributed by atoms with Crippen molar-refractivity contribution < 1.29 is 14.3 Å². The van der Waals surface area contributed by atoms with E-state index in [0.717, 1.165) is 18.5 Å². The molecule has 1 atom stereocenters. The molecule has 1 aromatic carbocycles. The van der Waals surface area contributed by atoms with Crippen LogP contribution >= 0.6 is 0 Å². The third-order valence-corrected chi connectivity index (χ3v) is 3.79. The zero-order valence-electron chi connectivity index (χ0n) is 13.4. The van der Waals surface area contributed by atoms with E-state index >= 15 is 0 Å². The molecule has 2 aromatic rings. The highest BCUT2D eigenvalue weighted by Crippen LogP contribution is 2.19. The van der Waals surface area contributed by atoms with Gasteiger partial charge in [-0.05, 0) is 44.0 Å². The van der Waals surface area contributed by atoms with E-state index in [9.17, 15) is 9.59 Å². The number of rotatable bonds is 5. The van der Waals surface area contributed by atoms with E-state index in [1.54, 1.807) is 30.5 Å². The summed E-state index contributed by atoms with van der Waals surface area (Å²) in [6.07, 6.45) is 2.89. The van der Waals surface area contributed by atoms with Crippen LogP contribution in [0.1, 0.15) is 30.1 Å². The molecule has 1 unspecified atom stereocenters. The highest BCUT2D eigenvalue weighted by Gasteiger charge is 2.23. The Bertz CT molecular complexity index is 737. The van der Waals surface area contributed by atoms with Crippen molar-refractivity contribution in [1.82, 2.24) is 4.98 Å². The van der Waals surface area contributed by atoms with Gasteiger partial charge in [0.1, 0.15) is 11.9 Å². The molecule has 0 bridgehead atoms. The first-order valence-electron chi connectivity index (χ1n) is 7.88. The molecule has 0 spiro atoms. The Kier molecular flexibility index (Phi) is 4.86. The van der Waals surface area contributed by atoms with Gasteiger partial charge in [0.05, 0.1) is 11.9 Å². The Labute approximate surface area is 140 Å². The summed E-state index contributed by atoms with van der Waals surface area (Å²) in [7, 11) is 0. The number of nitrogens with zero attached hydrogens (tertiary/aromatic N) is 1. The molecule has 124 valence electrons. The van der Waals surface area contributed by atoms with E-state index in [0.29, 0.717) is 23.7 Å². The zero-order chi connectivity index (χ0) is 16.9. The molecule has 0 radical (unpaired) electrons. The maximum atomic E-state index is 12.0. The minimum atomic E-state index is -0.364. The van der Waals surface area contributed by atoms with Gasteiger partial charge in [0.25, 0.3) is 5.91 Å². The number of benzene rings is 1. The van der Waals surface area contributed by atoms with Crippen LogP contribution in [0.3, 0.4) is 0 Å². The summed E-state index contributed by atoms with van der Waals surface area (Å²) in [6, 6.07) is 10.8. The molecule has 3 rings (SSSR count). The Morgan fingerprint density at radius 1 is 1.21 bits per heavy atom.